The van der Waals surface area contributed by atoms with Crippen molar-refractivity contribution in [3.05, 3.63) is 0 Å². The molecule has 0 aliphatic rings. The summed E-state index contributed by atoms with van der Waals surface area (Å²) >= 11 is 0. The van der Waals surface area contributed by atoms with E-state index in [1.165, 1.54) is 0 Å². The van der Waals surface area contributed by atoms with Crippen LogP contribution in [0.15, 0.2) is 0 Å². The van der Waals surface area contributed by atoms with Gasteiger partial charge in [0, 0.05) is 0 Å². The Kier molecular flexibility index (Phi) is 5.77. The first-order chi connectivity index (χ1) is 6.36. The highest BCUT2D eigenvalue weighted by Gasteiger charge is 2.25. The Bertz CT molecular complexity index is 178. The third-order valence-corrected chi connectivity index (χ3v) is 2.42. The maximum Gasteiger partial charge on any atom is 0.321 e. The van der Waals surface area contributed by atoms with E-state index < -0.39 is 5.97 Å². The third kappa shape index (κ3) is 4.61. The molecule has 0 spiro atoms. The molecule has 3 heteroatoms. The minimum Gasteiger partial charge on any atom is -0.480 e. The lowest BCUT2D eigenvalue weighted by Gasteiger charge is -2.28. The molecular weight excluding hydrogens is 178 g/mol. The van der Waals surface area contributed by atoms with E-state index in [1.807, 2.05) is 25.8 Å². The Labute approximate surface area is 87.1 Å². The smallest absolute Gasteiger partial charge is 0.321 e. The van der Waals surface area contributed by atoms with Crippen LogP contribution in [0.1, 0.15) is 34.1 Å². The molecule has 1 unspecified atom stereocenters. The highest BCUT2D eigenvalue weighted by molar-refractivity contribution is 5.73. The molecule has 0 radical (unpaired) electrons. The van der Waals surface area contributed by atoms with Crippen molar-refractivity contribution < 1.29 is 9.90 Å². The molecule has 0 bridgehead atoms. The minimum atomic E-state index is -0.716. The summed E-state index contributed by atoms with van der Waals surface area (Å²) < 4.78 is 0. The molecule has 0 aromatic heterocycles. The summed E-state index contributed by atoms with van der Waals surface area (Å²) in [6, 6.07) is -0.353. The van der Waals surface area contributed by atoms with Crippen molar-refractivity contribution in [1.29, 1.82) is 0 Å². The van der Waals surface area contributed by atoms with Gasteiger partial charge in [0.15, 0.2) is 0 Å². The van der Waals surface area contributed by atoms with Gasteiger partial charge in [-0.1, -0.05) is 27.7 Å². The van der Waals surface area contributed by atoms with Crippen molar-refractivity contribution in [2.45, 2.75) is 40.2 Å². The topological polar surface area (TPSA) is 40.5 Å². The van der Waals surface area contributed by atoms with Gasteiger partial charge in [-0.25, -0.2) is 0 Å². The molecule has 1 atom stereocenters. The molecule has 0 aliphatic heterocycles. The van der Waals surface area contributed by atoms with E-state index in [0.29, 0.717) is 5.92 Å². The summed E-state index contributed by atoms with van der Waals surface area (Å²) in [5.74, 6) is 0.0648. The predicted molar refractivity (Wildman–Crippen MR) is 58.3 cm³/mol. The van der Waals surface area contributed by atoms with Crippen LogP contribution in [0.2, 0.25) is 0 Å². The molecule has 84 valence electrons. The van der Waals surface area contributed by atoms with Crippen LogP contribution in [-0.2, 0) is 4.79 Å². The van der Waals surface area contributed by atoms with Gasteiger partial charge in [0.2, 0.25) is 0 Å². The van der Waals surface area contributed by atoms with Crippen molar-refractivity contribution in [3.63, 3.8) is 0 Å². The number of nitrogens with zero attached hydrogens (tertiary/aromatic N) is 1. The van der Waals surface area contributed by atoms with Crippen molar-refractivity contribution in [2.75, 3.05) is 13.6 Å². The van der Waals surface area contributed by atoms with Gasteiger partial charge in [-0.15, -0.1) is 0 Å². The fourth-order valence-electron chi connectivity index (χ4n) is 1.58. The lowest BCUT2D eigenvalue weighted by atomic mass is 10.0. The third-order valence-electron chi connectivity index (χ3n) is 2.42. The fourth-order valence-corrected chi connectivity index (χ4v) is 1.58. The molecule has 0 saturated carbocycles. The lowest BCUT2D eigenvalue weighted by molar-refractivity contribution is -0.144. The Morgan fingerprint density at radius 2 is 1.79 bits per heavy atom. The molecule has 14 heavy (non-hydrogen) atoms. The number of aliphatic carboxylic acids is 1. The van der Waals surface area contributed by atoms with Crippen LogP contribution in [0.3, 0.4) is 0 Å². The molecule has 0 rings (SSSR count). The van der Waals surface area contributed by atoms with E-state index in [0.717, 1.165) is 13.0 Å². The summed E-state index contributed by atoms with van der Waals surface area (Å²) in [6.07, 6.45) is 1.05. The summed E-state index contributed by atoms with van der Waals surface area (Å²) in [5.41, 5.74) is 0. The number of carbonyl (C=O) groups is 1. The molecule has 0 amide bonds. The van der Waals surface area contributed by atoms with Crippen LogP contribution in [0.5, 0.6) is 0 Å². The van der Waals surface area contributed by atoms with Gasteiger partial charge in [0.05, 0.1) is 0 Å². The number of carboxylic acids is 1. The molecule has 0 aromatic rings. The highest BCUT2D eigenvalue weighted by Crippen LogP contribution is 2.11. The normalized spacial score (nSPS) is 14.0. The second kappa shape index (κ2) is 6.02. The molecular formula is C11H23NO2. The monoisotopic (exact) mass is 201 g/mol. The maximum atomic E-state index is 11.0. The van der Waals surface area contributed by atoms with E-state index in [2.05, 4.69) is 13.8 Å². The zero-order valence-corrected chi connectivity index (χ0v) is 9.95. The van der Waals surface area contributed by atoms with Gasteiger partial charge in [-0.2, -0.15) is 0 Å². The van der Waals surface area contributed by atoms with Crippen molar-refractivity contribution >= 4 is 5.97 Å². The summed E-state index contributed by atoms with van der Waals surface area (Å²) in [5, 5.41) is 9.04. The van der Waals surface area contributed by atoms with E-state index >= 15 is 0 Å². The average Bonchev–Trinajstić information content (AvgIpc) is 1.99. The largest absolute Gasteiger partial charge is 0.480 e. The molecule has 0 saturated heterocycles. The average molecular weight is 201 g/mol. The Hall–Kier alpha value is -0.570. The van der Waals surface area contributed by atoms with Crippen LogP contribution < -0.4 is 0 Å². The first kappa shape index (κ1) is 13.4. The van der Waals surface area contributed by atoms with Crippen LogP contribution in [-0.4, -0.2) is 35.6 Å². The Balaban J connectivity index is 4.16. The van der Waals surface area contributed by atoms with E-state index in [1.54, 1.807) is 0 Å². The zero-order valence-electron chi connectivity index (χ0n) is 9.95. The second-order valence-electron chi connectivity index (χ2n) is 4.69. The van der Waals surface area contributed by atoms with E-state index in [4.69, 9.17) is 5.11 Å². The molecule has 3 nitrogen and oxygen atoms in total. The van der Waals surface area contributed by atoms with E-state index in [-0.39, 0.29) is 12.0 Å². The fraction of sp³-hybridized carbons (Fsp3) is 0.909. The first-order valence-corrected chi connectivity index (χ1v) is 5.29. The Morgan fingerprint density at radius 3 is 2.07 bits per heavy atom. The van der Waals surface area contributed by atoms with Crippen LogP contribution in [0, 0.1) is 11.8 Å². The van der Waals surface area contributed by atoms with Gasteiger partial charge in [0.25, 0.3) is 0 Å². The minimum absolute atomic E-state index is 0.157. The van der Waals surface area contributed by atoms with Gasteiger partial charge in [0.1, 0.15) is 6.04 Å². The van der Waals surface area contributed by atoms with Gasteiger partial charge < -0.3 is 5.11 Å². The summed E-state index contributed by atoms with van der Waals surface area (Å²) in [4.78, 5) is 12.9. The van der Waals surface area contributed by atoms with Crippen LogP contribution >= 0.6 is 0 Å². The molecule has 1 N–H and O–H groups in total. The number of hydrogen-bond acceptors (Lipinski definition) is 2. The summed E-state index contributed by atoms with van der Waals surface area (Å²) in [7, 11) is 1.89. The maximum absolute atomic E-state index is 11.0. The number of carboxylic acid groups (broad SMARTS) is 1. The Morgan fingerprint density at radius 1 is 1.29 bits per heavy atom. The van der Waals surface area contributed by atoms with E-state index in [9.17, 15) is 4.79 Å². The number of hydrogen-bond donors (Lipinski definition) is 1. The zero-order chi connectivity index (χ0) is 11.3. The SMILES string of the molecule is CC(C)CCN(C)C(C(=O)O)C(C)C. The molecule has 0 aromatic carbocycles. The molecule has 0 fully saturated rings. The quantitative estimate of drug-likeness (QED) is 0.715. The molecule has 0 aliphatic carbocycles. The van der Waals surface area contributed by atoms with Crippen molar-refractivity contribution in [2.24, 2.45) is 11.8 Å². The highest BCUT2D eigenvalue weighted by atomic mass is 16.4. The van der Waals surface area contributed by atoms with Gasteiger partial charge in [-0.05, 0) is 31.8 Å². The summed E-state index contributed by atoms with van der Waals surface area (Å²) in [6.45, 7) is 9.06. The molecule has 0 heterocycles. The second-order valence-corrected chi connectivity index (χ2v) is 4.69. The van der Waals surface area contributed by atoms with Gasteiger partial charge >= 0.3 is 5.97 Å². The number of rotatable bonds is 6. The number of likely N-dealkylation sites (N-methyl/N-ethyl adjacent to an activating group) is 1. The lowest BCUT2D eigenvalue weighted by Crippen LogP contribution is -2.43. The van der Waals surface area contributed by atoms with Crippen molar-refractivity contribution in [1.82, 2.24) is 4.90 Å². The van der Waals surface area contributed by atoms with Crippen LogP contribution in [0.25, 0.3) is 0 Å². The first-order valence-electron chi connectivity index (χ1n) is 5.29. The van der Waals surface area contributed by atoms with Crippen molar-refractivity contribution in [3.8, 4) is 0 Å². The van der Waals surface area contributed by atoms with Crippen LogP contribution in [0.4, 0.5) is 0 Å². The predicted octanol–water partition coefficient (Wildman–Crippen LogP) is 2.07. The van der Waals surface area contributed by atoms with Gasteiger partial charge in [-0.3, -0.25) is 9.69 Å². The standard InChI is InChI=1S/C11H23NO2/c1-8(2)6-7-12(5)10(9(3)4)11(13)14/h8-10H,6-7H2,1-5H3,(H,13,14).